The number of alkyl halides is 3. The summed E-state index contributed by atoms with van der Waals surface area (Å²) in [6.07, 6.45) is -6.40. The highest BCUT2D eigenvalue weighted by Gasteiger charge is 2.37. The maximum Gasteiger partial charge on any atom is 0.407 e. The lowest BCUT2D eigenvalue weighted by atomic mass is 9.87. The Labute approximate surface area is 326 Å². The van der Waals surface area contributed by atoms with E-state index in [1.807, 2.05) is 13.8 Å². The third kappa shape index (κ3) is 14.8. The van der Waals surface area contributed by atoms with Gasteiger partial charge in [-0.3, -0.25) is 14.4 Å². The van der Waals surface area contributed by atoms with Gasteiger partial charge in [0.15, 0.2) is 0 Å². The molecule has 300 valence electrons. The van der Waals surface area contributed by atoms with Gasteiger partial charge in [0, 0.05) is 24.0 Å². The first kappa shape index (κ1) is 44.6. The van der Waals surface area contributed by atoms with E-state index in [1.165, 1.54) is 19.2 Å². The normalized spacial score (nSPS) is 14.0. The molecule has 0 aliphatic carbocycles. The maximum absolute atomic E-state index is 14.3. The molecule has 0 spiro atoms. The van der Waals surface area contributed by atoms with Crippen LogP contribution in [0.5, 0.6) is 5.75 Å². The molecule has 0 saturated heterocycles. The maximum atomic E-state index is 14.3. The average Bonchev–Trinajstić information content (AvgIpc) is 3.09. The SMILES string of the molecule is COc1ccc(C(NC(=O)[C@H](Cc2ccc(CNC(=O)OC(C)(C)C)cc2)NC(=O)C(c2ccc(Cl)cc2)C(C)C)C(=O)N[C@H](CC(F)(F)F)C(C)C)cc1. The van der Waals surface area contributed by atoms with E-state index in [0.717, 1.165) is 5.56 Å². The predicted molar refractivity (Wildman–Crippen MR) is 205 cm³/mol. The lowest BCUT2D eigenvalue weighted by molar-refractivity contribution is -0.146. The van der Waals surface area contributed by atoms with Crippen LogP contribution in [-0.2, 0) is 32.1 Å². The van der Waals surface area contributed by atoms with Crippen molar-refractivity contribution in [3.8, 4) is 5.75 Å². The highest BCUT2D eigenvalue weighted by Crippen LogP contribution is 2.28. The van der Waals surface area contributed by atoms with Crippen molar-refractivity contribution in [3.63, 3.8) is 0 Å². The highest BCUT2D eigenvalue weighted by molar-refractivity contribution is 6.30. The predicted octanol–water partition coefficient (Wildman–Crippen LogP) is 7.79. The number of carbonyl (C=O) groups excluding carboxylic acids is 4. The van der Waals surface area contributed by atoms with Gasteiger partial charge in [0.25, 0.3) is 0 Å². The molecule has 3 rings (SSSR count). The summed E-state index contributed by atoms with van der Waals surface area (Å²) in [5.74, 6) is -3.03. The van der Waals surface area contributed by atoms with E-state index >= 15 is 0 Å². The zero-order valence-corrected chi connectivity index (χ0v) is 33.2. The van der Waals surface area contributed by atoms with Crippen molar-refractivity contribution in [2.45, 2.75) is 104 Å². The molecule has 55 heavy (non-hydrogen) atoms. The van der Waals surface area contributed by atoms with Gasteiger partial charge in [-0.2, -0.15) is 13.2 Å². The fourth-order valence-corrected chi connectivity index (χ4v) is 5.93. The smallest absolute Gasteiger partial charge is 0.407 e. The second kappa shape index (κ2) is 19.7. The fraction of sp³-hybridized carbons (Fsp3) is 0.463. The van der Waals surface area contributed by atoms with Gasteiger partial charge in [0.2, 0.25) is 17.7 Å². The molecule has 3 aromatic rings. The monoisotopic (exact) mass is 788 g/mol. The molecule has 0 aliphatic rings. The topological polar surface area (TPSA) is 135 Å². The summed E-state index contributed by atoms with van der Waals surface area (Å²) in [7, 11) is 1.46. The van der Waals surface area contributed by atoms with Crippen molar-refractivity contribution >= 4 is 35.4 Å². The number of nitrogens with one attached hydrogen (secondary N) is 4. The van der Waals surface area contributed by atoms with E-state index in [9.17, 15) is 32.3 Å². The van der Waals surface area contributed by atoms with Crippen molar-refractivity contribution in [2.75, 3.05) is 7.11 Å². The lowest BCUT2D eigenvalue weighted by Gasteiger charge is -2.29. The number of hydrogen-bond donors (Lipinski definition) is 4. The standard InChI is InChI=1S/C41H52ClF3N4O6/c1-24(2)33(22-41(43,44)45)48-38(52)35(29-15-19-31(54-8)20-16-29)49-36(50)32(47-37(51)34(25(3)4)28-13-17-30(42)18-14-28)21-26-9-11-27(12-10-26)23-46-39(53)55-40(5,6)7/h9-20,24-25,32-35H,21-23H2,1-8H3,(H,46,53)(H,47,51)(H,48,52)(H,49,50)/t32-,33+,34?,35?/m0/s1. The minimum absolute atomic E-state index is 0.0115. The van der Waals surface area contributed by atoms with E-state index in [2.05, 4.69) is 21.3 Å². The number of amides is 4. The highest BCUT2D eigenvalue weighted by atomic mass is 35.5. The molecule has 2 unspecified atom stereocenters. The van der Waals surface area contributed by atoms with Crippen LogP contribution in [-0.4, -0.2) is 54.8 Å². The van der Waals surface area contributed by atoms with Crippen LogP contribution < -0.4 is 26.0 Å². The number of halogens is 4. The molecule has 14 heteroatoms. The molecule has 0 fully saturated rings. The summed E-state index contributed by atoms with van der Waals surface area (Å²) in [5.41, 5.74) is 1.69. The van der Waals surface area contributed by atoms with Gasteiger partial charge in [-0.15, -0.1) is 0 Å². The molecule has 4 N–H and O–H groups in total. The Morgan fingerprint density at radius 1 is 0.709 bits per heavy atom. The number of rotatable bonds is 16. The average molecular weight is 789 g/mol. The second-order valence-corrected chi connectivity index (χ2v) is 15.5. The summed E-state index contributed by atoms with van der Waals surface area (Å²) in [4.78, 5) is 54.3. The first-order valence-corrected chi connectivity index (χ1v) is 18.5. The van der Waals surface area contributed by atoms with Gasteiger partial charge in [-0.05, 0) is 79.1 Å². The van der Waals surface area contributed by atoms with Crippen LogP contribution in [0.1, 0.15) is 89.1 Å². The van der Waals surface area contributed by atoms with Gasteiger partial charge in [0.05, 0.1) is 19.4 Å². The first-order chi connectivity index (χ1) is 25.6. The number of ether oxygens (including phenoxy) is 2. The lowest BCUT2D eigenvalue weighted by Crippen LogP contribution is -2.53. The molecule has 0 radical (unpaired) electrons. The van der Waals surface area contributed by atoms with Gasteiger partial charge < -0.3 is 30.7 Å². The van der Waals surface area contributed by atoms with Crippen LogP contribution in [0.3, 0.4) is 0 Å². The summed E-state index contributed by atoms with van der Waals surface area (Å²) < 4.78 is 51.0. The first-order valence-electron chi connectivity index (χ1n) is 18.1. The van der Waals surface area contributed by atoms with E-state index in [-0.39, 0.29) is 24.4 Å². The third-order valence-corrected chi connectivity index (χ3v) is 8.94. The zero-order valence-electron chi connectivity index (χ0n) is 32.5. The molecule has 4 amide bonds. The Balaban J connectivity index is 1.97. The Morgan fingerprint density at radius 2 is 1.27 bits per heavy atom. The molecule has 0 bridgehead atoms. The summed E-state index contributed by atoms with van der Waals surface area (Å²) in [5, 5.41) is 11.3. The summed E-state index contributed by atoms with van der Waals surface area (Å²) in [6, 6.07) is 16.1. The molecule has 4 atom stereocenters. The van der Waals surface area contributed by atoms with E-state index in [0.29, 0.717) is 21.9 Å². The second-order valence-electron chi connectivity index (χ2n) is 15.1. The Bertz CT molecular complexity index is 1730. The largest absolute Gasteiger partial charge is 0.497 e. The van der Waals surface area contributed by atoms with Gasteiger partial charge in [-0.25, -0.2) is 4.79 Å². The minimum atomic E-state index is -4.55. The molecular formula is C41H52ClF3N4O6. The molecule has 3 aromatic carbocycles. The van der Waals surface area contributed by atoms with Crippen molar-refractivity contribution in [3.05, 3.63) is 100 Å². The van der Waals surface area contributed by atoms with Crippen LogP contribution in [0.25, 0.3) is 0 Å². The molecule has 0 saturated carbocycles. The summed E-state index contributed by atoms with van der Waals surface area (Å²) in [6.45, 7) is 12.3. The van der Waals surface area contributed by atoms with E-state index < -0.39 is 72.0 Å². The number of hydrogen-bond acceptors (Lipinski definition) is 6. The van der Waals surface area contributed by atoms with Crippen LogP contribution in [0.15, 0.2) is 72.8 Å². The van der Waals surface area contributed by atoms with Crippen LogP contribution in [0.2, 0.25) is 5.02 Å². The Hall–Kier alpha value is -4.78. The third-order valence-electron chi connectivity index (χ3n) is 8.69. The van der Waals surface area contributed by atoms with E-state index in [1.54, 1.807) is 95.3 Å². The zero-order chi connectivity index (χ0) is 41.1. The van der Waals surface area contributed by atoms with Gasteiger partial charge in [-0.1, -0.05) is 87.8 Å². The van der Waals surface area contributed by atoms with Crippen molar-refractivity contribution in [2.24, 2.45) is 11.8 Å². The molecule has 0 aliphatic heterocycles. The van der Waals surface area contributed by atoms with Crippen molar-refractivity contribution in [1.29, 1.82) is 0 Å². The number of methoxy groups -OCH3 is 1. The molecule has 0 heterocycles. The molecular weight excluding hydrogens is 737 g/mol. The van der Waals surface area contributed by atoms with Crippen molar-refractivity contribution < 1.29 is 41.8 Å². The van der Waals surface area contributed by atoms with E-state index in [4.69, 9.17) is 21.1 Å². The minimum Gasteiger partial charge on any atom is -0.497 e. The Kier molecular flexibility index (Phi) is 16.0. The fourth-order valence-electron chi connectivity index (χ4n) is 5.81. The van der Waals surface area contributed by atoms with Gasteiger partial charge in [0.1, 0.15) is 23.4 Å². The van der Waals surface area contributed by atoms with Crippen LogP contribution in [0.4, 0.5) is 18.0 Å². The Morgan fingerprint density at radius 3 is 1.78 bits per heavy atom. The quantitative estimate of drug-likeness (QED) is 0.117. The number of carbonyl (C=O) groups is 4. The summed E-state index contributed by atoms with van der Waals surface area (Å²) >= 11 is 6.11. The molecule has 0 aromatic heterocycles. The molecule has 10 nitrogen and oxygen atoms in total. The van der Waals surface area contributed by atoms with Crippen molar-refractivity contribution in [1.82, 2.24) is 21.3 Å². The van der Waals surface area contributed by atoms with Crippen LogP contribution >= 0.6 is 11.6 Å². The van der Waals surface area contributed by atoms with Gasteiger partial charge >= 0.3 is 12.3 Å². The number of alkyl carbamates (subject to hydrolysis) is 1. The number of benzene rings is 3. The van der Waals surface area contributed by atoms with Crippen LogP contribution in [0, 0.1) is 11.8 Å².